The normalized spacial score (nSPS) is 11.9. The third kappa shape index (κ3) is 4.39. The van der Waals surface area contributed by atoms with E-state index in [1.54, 1.807) is 0 Å². The monoisotopic (exact) mass is 234 g/mol. The largest absolute Gasteiger partial charge is 0.491 e. The molecule has 1 aromatic carbocycles. The van der Waals surface area contributed by atoms with Crippen LogP contribution in [0.2, 0.25) is 0 Å². The van der Waals surface area contributed by atoms with Gasteiger partial charge in [-0.25, -0.2) is 0 Å². The van der Waals surface area contributed by atoms with E-state index in [1.165, 1.54) is 0 Å². The van der Waals surface area contributed by atoms with E-state index in [4.69, 9.17) is 10.5 Å². The van der Waals surface area contributed by atoms with E-state index in [0.717, 1.165) is 24.3 Å². The van der Waals surface area contributed by atoms with Gasteiger partial charge < -0.3 is 15.8 Å². The minimum absolute atomic E-state index is 0.357. The highest BCUT2D eigenvalue weighted by molar-refractivity contribution is 5.61. The lowest BCUT2D eigenvalue weighted by molar-refractivity contribution is 0.319. The maximum Gasteiger partial charge on any atom is 0.144 e. The van der Waals surface area contributed by atoms with Gasteiger partial charge in [0.15, 0.2) is 0 Å². The second kappa shape index (κ2) is 6.84. The molecule has 0 spiro atoms. The van der Waals surface area contributed by atoms with Crippen molar-refractivity contribution in [2.75, 3.05) is 17.7 Å². The van der Waals surface area contributed by atoms with Crippen molar-refractivity contribution in [1.82, 2.24) is 0 Å². The molecule has 0 aliphatic carbocycles. The summed E-state index contributed by atoms with van der Waals surface area (Å²) in [6, 6.07) is 6.14. The molecule has 1 unspecified atom stereocenters. The van der Waals surface area contributed by atoms with Crippen LogP contribution in [-0.4, -0.2) is 12.6 Å². The lowest BCUT2D eigenvalue weighted by Crippen LogP contribution is -2.14. The minimum Gasteiger partial charge on any atom is -0.491 e. The summed E-state index contributed by atoms with van der Waals surface area (Å²) < 4.78 is 5.58. The van der Waals surface area contributed by atoms with Crippen LogP contribution >= 0.6 is 0 Å². The average molecular weight is 234 g/mol. The molecule has 0 aliphatic rings. The Balaban J connectivity index is 2.70. The first kappa shape index (κ1) is 13.4. The lowest BCUT2D eigenvalue weighted by atomic mass is 10.2. The maximum absolute atomic E-state index is 5.85. The van der Waals surface area contributed by atoms with Gasteiger partial charge in [0.05, 0.1) is 12.3 Å². The van der Waals surface area contributed by atoms with Crippen LogP contribution in [0.15, 0.2) is 30.9 Å². The Morgan fingerprint density at radius 2 is 2.29 bits per heavy atom. The number of anilines is 2. The molecule has 3 heteroatoms. The van der Waals surface area contributed by atoms with Gasteiger partial charge in [0.25, 0.3) is 0 Å². The van der Waals surface area contributed by atoms with Gasteiger partial charge >= 0.3 is 0 Å². The van der Waals surface area contributed by atoms with Gasteiger partial charge in [0.1, 0.15) is 5.75 Å². The molecule has 0 radical (unpaired) electrons. The molecule has 17 heavy (non-hydrogen) atoms. The first-order valence-electron chi connectivity index (χ1n) is 6.07. The van der Waals surface area contributed by atoms with E-state index in [9.17, 15) is 0 Å². The second-order valence-electron chi connectivity index (χ2n) is 4.17. The Bertz CT molecular complexity index is 363. The number of rotatable bonds is 7. The molecule has 0 heterocycles. The van der Waals surface area contributed by atoms with Gasteiger partial charge in [-0.05, 0) is 31.9 Å². The molecule has 3 nitrogen and oxygen atoms in total. The summed E-state index contributed by atoms with van der Waals surface area (Å²) in [5.41, 5.74) is 7.56. The number of nitrogen functional groups attached to an aromatic ring is 1. The zero-order valence-electron chi connectivity index (χ0n) is 10.7. The quantitative estimate of drug-likeness (QED) is 0.561. The number of benzene rings is 1. The predicted octanol–water partition coefficient (Wildman–Crippen LogP) is 3.43. The number of hydrogen-bond acceptors (Lipinski definition) is 3. The molecule has 94 valence electrons. The summed E-state index contributed by atoms with van der Waals surface area (Å²) in [5.74, 6) is 0.752. The topological polar surface area (TPSA) is 47.3 Å². The zero-order chi connectivity index (χ0) is 12.7. The zero-order valence-corrected chi connectivity index (χ0v) is 10.7. The van der Waals surface area contributed by atoms with E-state index in [0.29, 0.717) is 18.3 Å². The summed E-state index contributed by atoms with van der Waals surface area (Å²) >= 11 is 0. The summed E-state index contributed by atoms with van der Waals surface area (Å²) in [6.45, 7) is 8.61. The highest BCUT2D eigenvalue weighted by atomic mass is 16.5. The Kier molecular flexibility index (Phi) is 5.40. The smallest absolute Gasteiger partial charge is 0.144 e. The van der Waals surface area contributed by atoms with Crippen LogP contribution in [0.25, 0.3) is 0 Å². The first-order valence-corrected chi connectivity index (χ1v) is 6.07. The number of ether oxygens (including phenoxy) is 1. The predicted molar refractivity (Wildman–Crippen MR) is 74.5 cm³/mol. The van der Waals surface area contributed by atoms with Crippen molar-refractivity contribution < 1.29 is 4.74 Å². The van der Waals surface area contributed by atoms with Gasteiger partial charge in [-0.1, -0.05) is 13.0 Å². The molecule has 0 aliphatic heterocycles. The molecule has 0 aromatic heterocycles. The van der Waals surface area contributed by atoms with Crippen molar-refractivity contribution in [2.45, 2.75) is 32.7 Å². The van der Waals surface area contributed by atoms with Crippen LogP contribution < -0.4 is 15.8 Å². The maximum atomic E-state index is 5.85. The second-order valence-corrected chi connectivity index (χ2v) is 4.17. The highest BCUT2D eigenvalue weighted by Gasteiger charge is 2.04. The van der Waals surface area contributed by atoms with Crippen LogP contribution in [-0.2, 0) is 0 Å². The highest BCUT2D eigenvalue weighted by Crippen LogP contribution is 2.26. The molecule has 3 N–H and O–H groups in total. The van der Waals surface area contributed by atoms with Crippen LogP contribution in [0.1, 0.15) is 26.7 Å². The number of nitrogens with two attached hydrogens (primary N) is 1. The van der Waals surface area contributed by atoms with E-state index in [1.807, 2.05) is 24.3 Å². The van der Waals surface area contributed by atoms with Crippen LogP contribution in [0, 0.1) is 0 Å². The summed E-state index contributed by atoms with van der Waals surface area (Å²) in [4.78, 5) is 0. The Hall–Kier alpha value is -1.64. The molecule has 0 fully saturated rings. The fourth-order valence-electron chi connectivity index (χ4n) is 1.55. The molecular weight excluding hydrogens is 212 g/mol. The van der Waals surface area contributed by atoms with Crippen LogP contribution in [0.5, 0.6) is 5.75 Å². The number of nitrogens with one attached hydrogen (secondary N) is 1. The first-order chi connectivity index (χ1) is 8.17. The SMILES string of the molecule is C=CCC(C)Nc1ccc(N)c(OCCC)c1. The lowest BCUT2D eigenvalue weighted by Gasteiger charge is -2.15. The average Bonchev–Trinajstić information content (AvgIpc) is 2.30. The van der Waals surface area contributed by atoms with Gasteiger partial charge in [0.2, 0.25) is 0 Å². The van der Waals surface area contributed by atoms with E-state index in [2.05, 4.69) is 25.7 Å². The van der Waals surface area contributed by atoms with E-state index < -0.39 is 0 Å². The van der Waals surface area contributed by atoms with Crippen molar-refractivity contribution in [3.63, 3.8) is 0 Å². The summed E-state index contributed by atoms with van der Waals surface area (Å²) in [7, 11) is 0. The van der Waals surface area contributed by atoms with E-state index >= 15 is 0 Å². The third-order valence-corrected chi connectivity index (χ3v) is 2.41. The minimum atomic E-state index is 0.357. The molecule has 0 bridgehead atoms. The van der Waals surface area contributed by atoms with Crippen molar-refractivity contribution in [1.29, 1.82) is 0 Å². The molecule has 1 rings (SSSR count). The standard InChI is InChI=1S/C14H22N2O/c1-4-6-11(3)16-12-7-8-13(15)14(10-12)17-9-5-2/h4,7-8,10-11,16H,1,5-6,9,15H2,2-3H3. The fourth-order valence-corrected chi connectivity index (χ4v) is 1.55. The molecular formula is C14H22N2O. The third-order valence-electron chi connectivity index (χ3n) is 2.41. The number of hydrogen-bond donors (Lipinski definition) is 2. The molecule has 0 saturated carbocycles. The van der Waals surface area contributed by atoms with Crippen molar-refractivity contribution in [2.24, 2.45) is 0 Å². The molecule has 0 amide bonds. The Morgan fingerprint density at radius 3 is 2.94 bits per heavy atom. The van der Waals surface area contributed by atoms with Crippen molar-refractivity contribution in [3.05, 3.63) is 30.9 Å². The van der Waals surface area contributed by atoms with Crippen molar-refractivity contribution in [3.8, 4) is 5.75 Å². The van der Waals surface area contributed by atoms with Crippen LogP contribution in [0.4, 0.5) is 11.4 Å². The molecule has 1 atom stereocenters. The Morgan fingerprint density at radius 1 is 1.53 bits per heavy atom. The van der Waals surface area contributed by atoms with E-state index in [-0.39, 0.29) is 0 Å². The van der Waals surface area contributed by atoms with Crippen LogP contribution in [0.3, 0.4) is 0 Å². The van der Waals surface area contributed by atoms with Gasteiger partial charge in [-0.2, -0.15) is 0 Å². The summed E-state index contributed by atoms with van der Waals surface area (Å²) in [6.07, 6.45) is 3.81. The Labute approximate surface area is 104 Å². The van der Waals surface area contributed by atoms with Crippen molar-refractivity contribution >= 4 is 11.4 Å². The fraction of sp³-hybridized carbons (Fsp3) is 0.429. The van der Waals surface area contributed by atoms with Gasteiger partial charge in [0, 0.05) is 17.8 Å². The van der Waals surface area contributed by atoms with Gasteiger partial charge in [-0.3, -0.25) is 0 Å². The summed E-state index contributed by atoms with van der Waals surface area (Å²) in [5, 5.41) is 3.38. The molecule has 1 aromatic rings. The van der Waals surface area contributed by atoms with Gasteiger partial charge in [-0.15, -0.1) is 6.58 Å². The molecule has 0 saturated heterocycles.